The Hall–Kier alpha value is -1.82. The number of nitrogens with zero attached hydrogens (tertiary/aromatic N) is 1. The predicted octanol–water partition coefficient (Wildman–Crippen LogP) is 2.86. The number of imidazole rings is 1. The number of nitrogens with two attached hydrogens (primary N) is 1. The first kappa shape index (κ1) is 12.6. The third-order valence-electron chi connectivity index (χ3n) is 2.61. The van der Waals surface area contributed by atoms with E-state index >= 15 is 0 Å². The van der Waals surface area contributed by atoms with E-state index in [1.54, 1.807) is 6.92 Å². The Balaban J connectivity index is 2.37. The minimum Gasteiger partial charge on any atom is -0.344 e. The van der Waals surface area contributed by atoms with Gasteiger partial charge in [0.2, 0.25) is 0 Å². The molecule has 2 rings (SSSR count). The molecule has 0 aliphatic rings. The second kappa shape index (κ2) is 4.45. The zero-order valence-electron chi connectivity index (χ0n) is 9.67. The van der Waals surface area contributed by atoms with Crippen LogP contribution in [0.4, 0.5) is 13.2 Å². The highest BCUT2D eigenvalue weighted by Gasteiger charge is 2.30. The first-order valence-corrected chi connectivity index (χ1v) is 5.35. The lowest BCUT2D eigenvalue weighted by molar-refractivity contribution is -0.137. The molecule has 3 nitrogen and oxygen atoms in total. The summed E-state index contributed by atoms with van der Waals surface area (Å²) in [4.78, 5) is 7.21. The predicted molar refractivity (Wildman–Crippen MR) is 61.7 cm³/mol. The molecular formula is C12H12F3N3. The van der Waals surface area contributed by atoms with E-state index in [9.17, 15) is 13.2 Å². The Kier molecular flexibility index (Phi) is 3.13. The van der Waals surface area contributed by atoms with Crippen molar-refractivity contribution in [2.24, 2.45) is 5.73 Å². The molecule has 3 N–H and O–H groups in total. The number of nitrogens with one attached hydrogen (secondary N) is 1. The number of aryl methyl sites for hydroxylation is 1. The van der Waals surface area contributed by atoms with Crippen LogP contribution < -0.4 is 5.73 Å². The lowest BCUT2D eigenvalue weighted by Gasteiger charge is -2.06. The maximum Gasteiger partial charge on any atom is 0.416 e. The van der Waals surface area contributed by atoms with Gasteiger partial charge < -0.3 is 10.7 Å². The maximum atomic E-state index is 12.4. The third kappa shape index (κ3) is 2.38. The largest absolute Gasteiger partial charge is 0.416 e. The molecule has 0 atom stereocenters. The summed E-state index contributed by atoms with van der Waals surface area (Å²) in [6, 6.07) is 4.91. The van der Waals surface area contributed by atoms with E-state index in [1.165, 1.54) is 12.1 Å². The highest BCUT2D eigenvalue weighted by molar-refractivity contribution is 5.62. The standard InChI is InChI=1S/C12H12F3N3/c1-7-11(18-10(6-16)17-7)8-2-4-9(5-3-8)12(13,14)15/h2-5H,6,16H2,1H3,(H,17,18). The van der Waals surface area contributed by atoms with Gasteiger partial charge in [-0.05, 0) is 19.1 Å². The first-order valence-electron chi connectivity index (χ1n) is 5.35. The molecule has 1 aromatic heterocycles. The molecule has 0 spiro atoms. The fraction of sp³-hybridized carbons (Fsp3) is 0.250. The summed E-state index contributed by atoms with van der Waals surface area (Å²) < 4.78 is 37.3. The number of hydrogen-bond acceptors (Lipinski definition) is 2. The minimum atomic E-state index is -4.32. The van der Waals surface area contributed by atoms with Gasteiger partial charge in [-0.2, -0.15) is 13.2 Å². The number of aromatic nitrogens is 2. The lowest BCUT2D eigenvalue weighted by atomic mass is 10.1. The van der Waals surface area contributed by atoms with Crippen LogP contribution in [0.5, 0.6) is 0 Å². The molecule has 0 aliphatic carbocycles. The van der Waals surface area contributed by atoms with Gasteiger partial charge in [-0.1, -0.05) is 12.1 Å². The van der Waals surface area contributed by atoms with Crippen LogP contribution in [-0.4, -0.2) is 9.97 Å². The summed E-state index contributed by atoms with van der Waals surface area (Å²) in [6.45, 7) is 2.07. The SMILES string of the molecule is Cc1[nH]c(CN)nc1-c1ccc(C(F)(F)F)cc1. The number of benzene rings is 1. The number of alkyl halides is 3. The molecule has 0 amide bonds. The molecule has 2 aromatic rings. The van der Waals surface area contributed by atoms with Crippen LogP contribution in [0.1, 0.15) is 17.1 Å². The summed E-state index contributed by atoms with van der Waals surface area (Å²) in [5, 5.41) is 0. The zero-order chi connectivity index (χ0) is 13.3. The van der Waals surface area contributed by atoms with Crippen molar-refractivity contribution in [3.63, 3.8) is 0 Å². The van der Waals surface area contributed by atoms with Crippen LogP contribution in [0.3, 0.4) is 0 Å². The highest BCUT2D eigenvalue weighted by Crippen LogP contribution is 2.31. The molecule has 0 fully saturated rings. The van der Waals surface area contributed by atoms with Gasteiger partial charge in [-0.25, -0.2) is 4.98 Å². The maximum absolute atomic E-state index is 12.4. The van der Waals surface area contributed by atoms with E-state index in [4.69, 9.17) is 5.73 Å². The summed E-state index contributed by atoms with van der Waals surface area (Å²) >= 11 is 0. The van der Waals surface area contributed by atoms with Gasteiger partial charge in [0.1, 0.15) is 5.82 Å². The molecule has 0 bridgehead atoms. The van der Waals surface area contributed by atoms with E-state index in [0.29, 0.717) is 17.1 Å². The molecule has 96 valence electrons. The van der Waals surface area contributed by atoms with Crippen molar-refractivity contribution >= 4 is 0 Å². The van der Waals surface area contributed by atoms with Crippen molar-refractivity contribution in [1.82, 2.24) is 9.97 Å². The normalized spacial score (nSPS) is 11.8. The topological polar surface area (TPSA) is 54.7 Å². The lowest BCUT2D eigenvalue weighted by Crippen LogP contribution is -2.04. The van der Waals surface area contributed by atoms with E-state index in [0.717, 1.165) is 17.8 Å². The van der Waals surface area contributed by atoms with Crippen molar-refractivity contribution in [3.8, 4) is 11.3 Å². The summed E-state index contributed by atoms with van der Waals surface area (Å²) in [5.41, 5.74) is 6.83. The van der Waals surface area contributed by atoms with E-state index in [1.807, 2.05) is 0 Å². The fourth-order valence-corrected chi connectivity index (χ4v) is 1.72. The van der Waals surface area contributed by atoms with Crippen molar-refractivity contribution < 1.29 is 13.2 Å². The Morgan fingerprint density at radius 3 is 2.28 bits per heavy atom. The Morgan fingerprint density at radius 1 is 1.22 bits per heavy atom. The molecule has 6 heteroatoms. The second-order valence-corrected chi connectivity index (χ2v) is 3.94. The number of H-pyrrole nitrogens is 1. The van der Waals surface area contributed by atoms with Crippen LogP contribution >= 0.6 is 0 Å². The van der Waals surface area contributed by atoms with Gasteiger partial charge in [0.05, 0.1) is 17.8 Å². The quantitative estimate of drug-likeness (QED) is 0.866. The third-order valence-corrected chi connectivity index (χ3v) is 2.61. The van der Waals surface area contributed by atoms with Crippen molar-refractivity contribution in [1.29, 1.82) is 0 Å². The molecular weight excluding hydrogens is 243 g/mol. The Bertz CT molecular complexity index is 541. The summed E-state index contributed by atoms with van der Waals surface area (Å²) in [5.74, 6) is 0.613. The molecule has 18 heavy (non-hydrogen) atoms. The smallest absolute Gasteiger partial charge is 0.344 e. The zero-order valence-corrected chi connectivity index (χ0v) is 9.67. The van der Waals surface area contributed by atoms with Crippen LogP contribution in [0.25, 0.3) is 11.3 Å². The Labute approximate surface area is 102 Å². The molecule has 1 heterocycles. The van der Waals surface area contributed by atoms with Crippen molar-refractivity contribution in [2.45, 2.75) is 19.6 Å². The second-order valence-electron chi connectivity index (χ2n) is 3.94. The molecule has 1 aromatic carbocycles. The van der Waals surface area contributed by atoms with Gasteiger partial charge in [-0.3, -0.25) is 0 Å². The number of rotatable bonds is 2. The van der Waals surface area contributed by atoms with Gasteiger partial charge in [0.15, 0.2) is 0 Å². The number of aromatic amines is 1. The van der Waals surface area contributed by atoms with Gasteiger partial charge in [-0.15, -0.1) is 0 Å². The average Bonchev–Trinajstić information content (AvgIpc) is 2.70. The highest BCUT2D eigenvalue weighted by atomic mass is 19.4. The summed E-state index contributed by atoms with van der Waals surface area (Å²) in [6.07, 6.45) is -4.32. The van der Waals surface area contributed by atoms with Crippen LogP contribution in [0.2, 0.25) is 0 Å². The molecule has 0 saturated heterocycles. The molecule has 0 aliphatic heterocycles. The van der Waals surface area contributed by atoms with E-state index in [2.05, 4.69) is 9.97 Å². The Morgan fingerprint density at radius 2 is 1.83 bits per heavy atom. The van der Waals surface area contributed by atoms with Crippen LogP contribution in [0.15, 0.2) is 24.3 Å². The first-order chi connectivity index (χ1) is 8.41. The summed E-state index contributed by atoms with van der Waals surface area (Å²) in [7, 11) is 0. The molecule has 0 unspecified atom stereocenters. The monoisotopic (exact) mass is 255 g/mol. The van der Waals surface area contributed by atoms with Gasteiger partial charge in [0, 0.05) is 11.3 Å². The van der Waals surface area contributed by atoms with Crippen LogP contribution in [-0.2, 0) is 12.7 Å². The van der Waals surface area contributed by atoms with Gasteiger partial charge in [0.25, 0.3) is 0 Å². The number of hydrogen-bond donors (Lipinski definition) is 2. The molecule has 0 radical (unpaired) electrons. The fourth-order valence-electron chi connectivity index (χ4n) is 1.72. The van der Waals surface area contributed by atoms with E-state index < -0.39 is 11.7 Å². The minimum absolute atomic E-state index is 0.265. The van der Waals surface area contributed by atoms with Crippen LogP contribution in [0, 0.1) is 6.92 Å². The number of halogens is 3. The van der Waals surface area contributed by atoms with E-state index in [-0.39, 0.29) is 6.54 Å². The van der Waals surface area contributed by atoms with Crippen molar-refractivity contribution in [3.05, 3.63) is 41.3 Å². The molecule has 0 saturated carbocycles. The van der Waals surface area contributed by atoms with Crippen molar-refractivity contribution in [2.75, 3.05) is 0 Å². The van der Waals surface area contributed by atoms with Gasteiger partial charge >= 0.3 is 6.18 Å². The average molecular weight is 255 g/mol.